The maximum absolute atomic E-state index is 12.8. The lowest BCUT2D eigenvalue weighted by Gasteiger charge is -2.17. The molecule has 0 bridgehead atoms. The summed E-state index contributed by atoms with van der Waals surface area (Å²) in [6, 6.07) is 8.90. The van der Waals surface area contributed by atoms with Crippen molar-refractivity contribution in [2.24, 2.45) is 5.92 Å². The molecule has 0 saturated carbocycles. The van der Waals surface area contributed by atoms with Gasteiger partial charge < -0.3 is 19.7 Å². The second-order valence-corrected chi connectivity index (χ2v) is 7.76. The van der Waals surface area contributed by atoms with E-state index in [1.807, 2.05) is 6.92 Å². The van der Waals surface area contributed by atoms with E-state index in [2.05, 4.69) is 5.32 Å². The fourth-order valence-corrected chi connectivity index (χ4v) is 4.17. The van der Waals surface area contributed by atoms with Crippen LogP contribution in [0.1, 0.15) is 35.5 Å². The van der Waals surface area contributed by atoms with Crippen molar-refractivity contribution in [3.05, 3.63) is 40.8 Å². The lowest BCUT2D eigenvalue weighted by molar-refractivity contribution is -0.122. The molecule has 1 saturated heterocycles. The molecule has 8 heteroatoms. The molecule has 3 rings (SSSR count). The van der Waals surface area contributed by atoms with Gasteiger partial charge in [-0.3, -0.25) is 9.59 Å². The van der Waals surface area contributed by atoms with E-state index in [0.717, 1.165) is 17.0 Å². The van der Waals surface area contributed by atoms with Crippen LogP contribution in [0.15, 0.2) is 30.3 Å². The van der Waals surface area contributed by atoms with Gasteiger partial charge in [0.25, 0.3) is 0 Å². The van der Waals surface area contributed by atoms with Gasteiger partial charge in [-0.2, -0.15) is 0 Å². The number of anilines is 2. The summed E-state index contributed by atoms with van der Waals surface area (Å²) >= 11 is 1.36. The molecular formula is C21H24N2O5S. The maximum atomic E-state index is 12.8. The Bertz CT molecular complexity index is 906. The van der Waals surface area contributed by atoms with E-state index >= 15 is 0 Å². The van der Waals surface area contributed by atoms with Crippen LogP contribution in [0.2, 0.25) is 0 Å². The second kappa shape index (κ2) is 9.09. The van der Waals surface area contributed by atoms with Gasteiger partial charge in [0, 0.05) is 23.5 Å². The first-order valence-electron chi connectivity index (χ1n) is 9.51. The Morgan fingerprint density at radius 1 is 1.24 bits per heavy atom. The van der Waals surface area contributed by atoms with Crippen LogP contribution in [0.4, 0.5) is 10.7 Å². The fourth-order valence-electron chi connectivity index (χ4n) is 3.18. The molecule has 0 aliphatic carbocycles. The van der Waals surface area contributed by atoms with E-state index < -0.39 is 11.9 Å². The molecule has 2 aromatic rings. The molecule has 1 atom stereocenters. The molecule has 2 heterocycles. The van der Waals surface area contributed by atoms with Crippen LogP contribution >= 0.6 is 11.3 Å². The molecule has 0 radical (unpaired) electrons. The predicted octanol–water partition coefficient (Wildman–Crippen LogP) is 3.49. The summed E-state index contributed by atoms with van der Waals surface area (Å²) in [5, 5.41) is 3.31. The Balaban J connectivity index is 1.72. The van der Waals surface area contributed by atoms with E-state index in [1.54, 1.807) is 49.3 Å². The number of rotatable bonds is 7. The number of amides is 2. The number of nitrogens with one attached hydrogen (secondary N) is 1. The number of nitrogens with zero attached hydrogens (tertiary/aromatic N) is 1. The number of carbonyl (C=O) groups is 3. The van der Waals surface area contributed by atoms with Crippen LogP contribution < -0.4 is 15.0 Å². The third-order valence-electron chi connectivity index (χ3n) is 4.74. The summed E-state index contributed by atoms with van der Waals surface area (Å²) in [5.74, 6) is -0.635. The Morgan fingerprint density at radius 3 is 2.59 bits per heavy atom. The van der Waals surface area contributed by atoms with Crippen LogP contribution in [-0.2, 0) is 20.7 Å². The first-order valence-corrected chi connectivity index (χ1v) is 10.3. The van der Waals surface area contributed by atoms with E-state index in [1.165, 1.54) is 11.3 Å². The average Bonchev–Trinajstić information content (AvgIpc) is 3.31. The summed E-state index contributed by atoms with van der Waals surface area (Å²) in [6.45, 7) is 4.27. The van der Waals surface area contributed by atoms with Gasteiger partial charge in [0.05, 0.1) is 25.2 Å². The molecule has 0 spiro atoms. The highest BCUT2D eigenvalue weighted by molar-refractivity contribution is 7.16. The van der Waals surface area contributed by atoms with Crippen molar-refractivity contribution in [3.63, 3.8) is 0 Å². The molecule has 1 aliphatic rings. The number of benzene rings is 1. The van der Waals surface area contributed by atoms with Crippen molar-refractivity contribution in [2.75, 3.05) is 30.5 Å². The van der Waals surface area contributed by atoms with Crippen molar-refractivity contribution >= 4 is 39.8 Å². The molecule has 1 fully saturated rings. The number of esters is 1. The summed E-state index contributed by atoms with van der Waals surface area (Å²) in [5.41, 5.74) is 1.08. The highest BCUT2D eigenvalue weighted by atomic mass is 32.1. The predicted molar refractivity (Wildman–Crippen MR) is 112 cm³/mol. The van der Waals surface area contributed by atoms with E-state index in [0.29, 0.717) is 16.3 Å². The van der Waals surface area contributed by atoms with Gasteiger partial charge in [0.1, 0.15) is 10.8 Å². The van der Waals surface area contributed by atoms with E-state index in [4.69, 9.17) is 9.47 Å². The normalized spacial score (nSPS) is 16.0. The van der Waals surface area contributed by atoms with Crippen molar-refractivity contribution in [1.29, 1.82) is 0 Å². The summed E-state index contributed by atoms with van der Waals surface area (Å²) in [6.07, 6.45) is 0.874. The minimum atomic E-state index is -0.494. The fraction of sp³-hybridized carbons (Fsp3) is 0.381. The van der Waals surface area contributed by atoms with Crippen molar-refractivity contribution in [2.45, 2.75) is 26.7 Å². The minimum absolute atomic E-state index is 0.110. The van der Waals surface area contributed by atoms with Gasteiger partial charge in [0.15, 0.2) is 0 Å². The van der Waals surface area contributed by atoms with Gasteiger partial charge in [0.2, 0.25) is 11.8 Å². The van der Waals surface area contributed by atoms with Crippen LogP contribution in [0.5, 0.6) is 5.75 Å². The third-order valence-corrected chi connectivity index (χ3v) is 5.94. The quantitative estimate of drug-likeness (QED) is 0.699. The van der Waals surface area contributed by atoms with Gasteiger partial charge in [-0.25, -0.2) is 4.79 Å². The summed E-state index contributed by atoms with van der Waals surface area (Å²) in [7, 11) is 1.58. The van der Waals surface area contributed by atoms with E-state index in [9.17, 15) is 14.4 Å². The highest BCUT2D eigenvalue weighted by Crippen LogP contribution is 2.32. The van der Waals surface area contributed by atoms with Crippen molar-refractivity contribution in [3.8, 4) is 5.75 Å². The lowest BCUT2D eigenvalue weighted by atomic mass is 10.1. The van der Waals surface area contributed by atoms with Gasteiger partial charge in [-0.15, -0.1) is 11.3 Å². The number of carbonyl (C=O) groups excluding carboxylic acids is 3. The number of ether oxygens (including phenoxy) is 2. The monoisotopic (exact) mass is 416 g/mol. The second-order valence-electron chi connectivity index (χ2n) is 6.62. The number of methoxy groups -OCH3 is 1. The third kappa shape index (κ3) is 4.59. The zero-order valence-electron chi connectivity index (χ0n) is 16.7. The molecule has 29 heavy (non-hydrogen) atoms. The SMILES string of the molecule is CCOC(=O)c1cc(CC)sc1NC(=O)[C@@H]1CC(=O)N(c2ccc(OC)cc2)C1. The largest absolute Gasteiger partial charge is 0.497 e. The van der Waals surface area contributed by atoms with Gasteiger partial charge in [-0.05, 0) is 43.7 Å². The molecule has 154 valence electrons. The number of hydrogen-bond donors (Lipinski definition) is 1. The maximum Gasteiger partial charge on any atom is 0.341 e. The molecule has 1 aliphatic heterocycles. The standard InChI is InChI=1S/C21H24N2O5S/c1-4-16-11-17(21(26)28-5-2)20(29-16)22-19(25)13-10-18(24)23(12-13)14-6-8-15(27-3)9-7-14/h6-9,11,13H,4-5,10,12H2,1-3H3,(H,22,25)/t13-/m1/s1. The topological polar surface area (TPSA) is 84.9 Å². The van der Waals surface area contributed by atoms with Gasteiger partial charge in [-0.1, -0.05) is 6.92 Å². The zero-order chi connectivity index (χ0) is 21.0. The first kappa shape index (κ1) is 20.9. The smallest absolute Gasteiger partial charge is 0.341 e. The van der Waals surface area contributed by atoms with Crippen molar-refractivity contribution in [1.82, 2.24) is 0 Å². The Labute approximate surface area is 173 Å². The van der Waals surface area contributed by atoms with E-state index in [-0.39, 0.29) is 31.4 Å². The molecule has 2 amide bonds. The average molecular weight is 416 g/mol. The molecule has 7 nitrogen and oxygen atoms in total. The van der Waals surface area contributed by atoms with Crippen LogP contribution in [0.3, 0.4) is 0 Å². The molecule has 1 aromatic carbocycles. The molecule has 0 unspecified atom stereocenters. The number of hydrogen-bond acceptors (Lipinski definition) is 6. The molecular weight excluding hydrogens is 392 g/mol. The molecule has 1 aromatic heterocycles. The minimum Gasteiger partial charge on any atom is -0.497 e. The number of thiophene rings is 1. The van der Waals surface area contributed by atoms with Gasteiger partial charge >= 0.3 is 5.97 Å². The number of aryl methyl sites for hydroxylation is 1. The summed E-state index contributed by atoms with van der Waals surface area (Å²) in [4.78, 5) is 40.0. The Hall–Kier alpha value is -2.87. The van der Waals surface area contributed by atoms with Crippen LogP contribution in [-0.4, -0.2) is 38.0 Å². The Kier molecular flexibility index (Phi) is 6.53. The zero-order valence-corrected chi connectivity index (χ0v) is 17.5. The summed E-state index contributed by atoms with van der Waals surface area (Å²) < 4.78 is 10.2. The lowest BCUT2D eigenvalue weighted by Crippen LogP contribution is -2.28. The van der Waals surface area contributed by atoms with Crippen LogP contribution in [0, 0.1) is 5.92 Å². The Morgan fingerprint density at radius 2 is 1.97 bits per heavy atom. The highest BCUT2D eigenvalue weighted by Gasteiger charge is 2.35. The molecule has 1 N–H and O–H groups in total. The first-order chi connectivity index (χ1) is 14.0. The van der Waals surface area contributed by atoms with Crippen molar-refractivity contribution < 1.29 is 23.9 Å². The van der Waals surface area contributed by atoms with Crippen LogP contribution in [0.25, 0.3) is 0 Å².